The highest BCUT2D eigenvalue weighted by atomic mass is 35.5. The maximum Gasteiger partial charge on any atom is 0.345 e. The lowest BCUT2D eigenvalue weighted by Crippen LogP contribution is -2.22. The summed E-state index contributed by atoms with van der Waals surface area (Å²) in [5.74, 6) is -0.339. The van der Waals surface area contributed by atoms with Crippen molar-refractivity contribution in [3.05, 3.63) is 88.4 Å². The van der Waals surface area contributed by atoms with Crippen molar-refractivity contribution in [3.63, 3.8) is 0 Å². The molecule has 0 saturated heterocycles. The molecular weight excluding hydrogens is 454 g/mol. The largest absolute Gasteiger partial charge is 0.493 e. The minimum atomic E-state index is -0.593. The van der Waals surface area contributed by atoms with Gasteiger partial charge in [0.25, 0.3) is 5.91 Å². The minimum Gasteiger partial charge on any atom is -0.493 e. The molecule has 0 aliphatic carbocycles. The number of carbonyl (C=O) groups excluding carboxylic acids is 2. The lowest BCUT2D eigenvalue weighted by molar-refractivity contribution is 0.0729. The molecule has 0 aliphatic heterocycles. The van der Waals surface area contributed by atoms with Gasteiger partial charge >= 0.3 is 5.97 Å². The van der Waals surface area contributed by atoms with Gasteiger partial charge in [-0.3, -0.25) is 4.79 Å². The fourth-order valence-electron chi connectivity index (χ4n) is 3.27. The van der Waals surface area contributed by atoms with Crippen LogP contribution in [0.2, 0.25) is 5.02 Å². The molecule has 0 unspecified atom stereocenters. The van der Waals surface area contributed by atoms with Crippen LogP contribution in [0.5, 0.6) is 11.5 Å². The maximum atomic E-state index is 12.4. The zero-order chi connectivity index (χ0) is 24.5. The number of nitrogens with one attached hydrogen (secondary N) is 1. The van der Waals surface area contributed by atoms with E-state index in [1.165, 1.54) is 13.3 Å². The van der Waals surface area contributed by atoms with Crippen molar-refractivity contribution in [2.24, 2.45) is 5.10 Å². The first kappa shape index (κ1) is 24.8. The van der Waals surface area contributed by atoms with E-state index in [2.05, 4.69) is 29.3 Å². The van der Waals surface area contributed by atoms with Crippen molar-refractivity contribution in [1.29, 1.82) is 0 Å². The second kappa shape index (κ2) is 11.9. The summed E-state index contributed by atoms with van der Waals surface area (Å²) in [7, 11) is 1.47. The van der Waals surface area contributed by atoms with Crippen LogP contribution in [0.15, 0.2) is 71.8 Å². The van der Waals surface area contributed by atoms with Crippen LogP contribution in [0.25, 0.3) is 0 Å². The number of ether oxygens (including phenoxy) is 2. The average Bonchev–Trinajstić information content (AvgIpc) is 2.86. The molecule has 0 spiro atoms. The first-order valence-electron chi connectivity index (χ1n) is 10.8. The Hall–Kier alpha value is -3.84. The van der Waals surface area contributed by atoms with Gasteiger partial charge in [-0.2, -0.15) is 5.10 Å². The number of benzene rings is 3. The van der Waals surface area contributed by atoms with Gasteiger partial charge < -0.3 is 14.4 Å². The van der Waals surface area contributed by atoms with Crippen LogP contribution in [0, 0.1) is 0 Å². The van der Waals surface area contributed by atoms with Crippen LogP contribution in [0.3, 0.4) is 0 Å². The fourth-order valence-corrected chi connectivity index (χ4v) is 3.49. The number of nitrogens with zero attached hydrogens (tertiary/aromatic N) is 2. The van der Waals surface area contributed by atoms with E-state index in [-0.39, 0.29) is 17.2 Å². The summed E-state index contributed by atoms with van der Waals surface area (Å²) in [5, 5.41) is 4.32. The van der Waals surface area contributed by atoms with Crippen molar-refractivity contribution in [1.82, 2.24) is 5.43 Å². The first-order valence-corrected chi connectivity index (χ1v) is 11.2. The highest BCUT2D eigenvalue weighted by Gasteiger charge is 2.15. The number of anilines is 1. The first-order chi connectivity index (χ1) is 16.5. The van der Waals surface area contributed by atoms with Crippen LogP contribution >= 0.6 is 11.6 Å². The van der Waals surface area contributed by atoms with Gasteiger partial charge in [0.2, 0.25) is 0 Å². The standard InChI is InChI=1S/C26H26ClN3O4/c1-4-30(5-2)20-13-11-19(12-14-20)25(31)29-28-17-18-10-15-23(24(16-18)33-3)34-26(32)21-8-6-7-9-22(21)27/h6-17H,4-5H2,1-3H3,(H,29,31)/b28-17-. The zero-order valence-corrected chi connectivity index (χ0v) is 20.0. The smallest absolute Gasteiger partial charge is 0.345 e. The Bertz CT molecular complexity index is 1170. The van der Waals surface area contributed by atoms with Crippen LogP contribution in [0.1, 0.15) is 40.1 Å². The number of halogens is 1. The van der Waals surface area contributed by atoms with Gasteiger partial charge in [0.15, 0.2) is 11.5 Å². The highest BCUT2D eigenvalue weighted by molar-refractivity contribution is 6.33. The number of hydrogen-bond acceptors (Lipinski definition) is 6. The Morgan fingerprint density at radius 2 is 1.71 bits per heavy atom. The van der Waals surface area contributed by atoms with Crippen LogP contribution < -0.4 is 19.8 Å². The molecule has 3 rings (SSSR count). The molecule has 0 saturated carbocycles. The van der Waals surface area contributed by atoms with Crippen molar-refractivity contribution in [2.75, 3.05) is 25.1 Å². The molecule has 1 amide bonds. The van der Waals surface area contributed by atoms with Gasteiger partial charge in [-0.15, -0.1) is 0 Å². The zero-order valence-electron chi connectivity index (χ0n) is 19.2. The summed E-state index contributed by atoms with van der Waals surface area (Å²) in [4.78, 5) is 27.0. The third kappa shape index (κ3) is 6.14. The minimum absolute atomic E-state index is 0.238. The summed E-state index contributed by atoms with van der Waals surface area (Å²) in [5.41, 5.74) is 4.98. The number of amides is 1. The van der Waals surface area contributed by atoms with Crippen molar-refractivity contribution < 1.29 is 19.1 Å². The van der Waals surface area contributed by atoms with Crippen LogP contribution in [-0.4, -0.2) is 38.3 Å². The van der Waals surface area contributed by atoms with Crippen molar-refractivity contribution in [2.45, 2.75) is 13.8 Å². The van der Waals surface area contributed by atoms with E-state index in [4.69, 9.17) is 21.1 Å². The second-order valence-electron chi connectivity index (χ2n) is 7.20. The molecule has 176 valence electrons. The molecular formula is C26H26ClN3O4. The van der Waals surface area contributed by atoms with E-state index in [1.54, 1.807) is 54.6 Å². The number of hydrazone groups is 1. The van der Waals surface area contributed by atoms with Gasteiger partial charge in [-0.05, 0) is 74.0 Å². The molecule has 0 heterocycles. The molecule has 0 atom stereocenters. The number of rotatable bonds is 9. The SMILES string of the molecule is CCN(CC)c1ccc(C(=O)N/N=C\c2ccc(OC(=O)c3ccccc3Cl)c(OC)c2)cc1. The van der Waals surface area contributed by atoms with Gasteiger partial charge in [-0.1, -0.05) is 23.7 Å². The van der Waals surface area contributed by atoms with E-state index in [9.17, 15) is 9.59 Å². The van der Waals surface area contributed by atoms with Gasteiger partial charge in [-0.25, -0.2) is 10.2 Å². The number of hydrogen-bond donors (Lipinski definition) is 1. The molecule has 0 radical (unpaired) electrons. The lowest BCUT2D eigenvalue weighted by Gasteiger charge is -2.20. The predicted molar refractivity (Wildman–Crippen MR) is 134 cm³/mol. The summed E-state index contributed by atoms with van der Waals surface area (Å²) >= 11 is 6.06. The van der Waals surface area contributed by atoms with Gasteiger partial charge in [0.1, 0.15) is 0 Å². The van der Waals surface area contributed by atoms with E-state index in [0.29, 0.717) is 21.9 Å². The number of carbonyl (C=O) groups is 2. The molecule has 7 nitrogen and oxygen atoms in total. The molecule has 0 aliphatic rings. The molecule has 0 fully saturated rings. The Morgan fingerprint density at radius 1 is 1.00 bits per heavy atom. The van der Waals surface area contributed by atoms with E-state index >= 15 is 0 Å². The Morgan fingerprint density at radius 3 is 2.35 bits per heavy atom. The topological polar surface area (TPSA) is 80.2 Å². The molecule has 0 aromatic heterocycles. The van der Waals surface area contributed by atoms with E-state index < -0.39 is 5.97 Å². The van der Waals surface area contributed by atoms with Crippen LogP contribution in [0.4, 0.5) is 5.69 Å². The number of methoxy groups -OCH3 is 1. The lowest BCUT2D eigenvalue weighted by atomic mass is 10.2. The summed E-state index contributed by atoms with van der Waals surface area (Å²) in [6.07, 6.45) is 1.48. The monoisotopic (exact) mass is 479 g/mol. The molecule has 34 heavy (non-hydrogen) atoms. The van der Waals surface area contributed by atoms with E-state index in [1.807, 2.05) is 12.1 Å². The van der Waals surface area contributed by atoms with Gasteiger partial charge in [0.05, 0.1) is 23.9 Å². The highest BCUT2D eigenvalue weighted by Crippen LogP contribution is 2.29. The molecule has 8 heteroatoms. The molecule has 3 aromatic carbocycles. The second-order valence-corrected chi connectivity index (χ2v) is 7.61. The fraction of sp³-hybridized carbons (Fsp3) is 0.192. The van der Waals surface area contributed by atoms with Crippen molar-refractivity contribution in [3.8, 4) is 11.5 Å². The summed E-state index contributed by atoms with van der Waals surface area (Å²) < 4.78 is 10.8. The molecule has 0 bridgehead atoms. The Balaban J connectivity index is 1.64. The number of esters is 1. The summed E-state index contributed by atoms with van der Waals surface area (Å²) in [6.45, 7) is 5.97. The normalized spacial score (nSPS) is 10.7. The van der Waals surface area contributed by atoms with Crippen molar-refractivity contribution >= 4 is 35.4 Å². The maximum absolute atomic E-state index is 12.4. The Labute approximate surface area is 203 Å². The average molecular weight is 480 g/mol. The quantitative estimate of drug-likeness (QED) is 0.198. The molecule has 1 N–H and O–H groups in total. The third-order valence-corrected chi connectivity index (χ3v) is 5.45. The van der Waals surface area contributed by atoms with Gasteiger partial charge in [0, 0.05) is 24.3 Å². The Kier molecular flexibility index (Phi) is 8.65. The van der Waals surface area contributed by atoms with E-state index in [0.717, 1.165) is 18.8 Å². The summed E-state index contributed by atoms with van der Waals surface area (Å²) in [6, 6.07) is 18.9. The van der Waals surface area contributed by atoms with Crippen LogP contribution in [-0.2, 0) is 0 Å². The predicted octanol–water partition coefficient (Wildman–Crippen LogP) is 5.18. The molecule has 3 aromatic rings. The third-order valence-electron chi connectivity index (χ3n) is 5.12.